The Hall–Kier alpha value is -1.06. The van der Waals surface area contributed by atoms with E-state index in [-0.39, 0.29) is 6.10 Å². The molecule has 0 aliphatic carbocycles. The summed E-state index contributed by atoms with van der Waals surface area (Å²) in [6.45, 7) is 5.93. The Morgan fingerprint density at radius 3 is 2.81 bits per heavy atom. The third kappa shape index (κ3) is 2.54. The lowest BCUT2D eigenvalue weighted by atomic mass is 10.0. The van der Waals surface area contributed by atoms with Crippen molar-refractivity contribution >= 4 is 0 Å². The number of benzene rings is 1. The molecule has 3 heteroatoms. The summed E-state index contributed by atoms with van der Waals surface area (Å²) in [7, 11) is 0. The van der Waals surface area contributed by atoms with Gasteiger partial charge in [0.1, 0.15) is 5.75 Å². The second kappa shape index (κ2) is 4.85. The number of hydrogen-bond acceptors (Lipinski definition) is 3. The van der Waals surface area contributed by atoms with Gasteiger partial charge in [-0.1, -0.05) is 26.0 Å². The quantitative estimate of drug-likeness (QED) is 0.803. The van der Waals surface area contributed by atoms with Crippen LogP contribution in [-0.4, -0.2) is 24.3 Å². The molecule has 0 spiro atoms. The van der Waals surface area contributed by atoms with Crippen molar-refractivity contribution in [2.24, 2.45) is 5.92 Å². The summed E-state index contributed by atoms with van der Waals surface area (Å²) < 4.78 is 5.82. The molecule has 88 valence electrons. The molecular formula is C13H19NO2. The predicted octanol–water partition coefficient (Wildman–Crippen LogP) is 2.08. The minimum absolute atomic E-state index is 0.0575. The van der Waals surface area contributed by atoms with Gasteiger partial charge in [-0.25, -0.2) is 0 Å². The number of phenolic OH excluding ortho intramolecular Hbond substituents is 1. The van der Waals surface area contributed by atoms with Crippen molar-refractivity contribution in [2.75, 3.05) is 13.2 Å². The number of rotatable bonds is 2. The largest absolute Gasteiger partial charge is 0.508 e. The van der Waals surface area contributed by atoms with Gasteiger partial charge in [0.05, 0.1) is 12.7 Å². The van der Waals surface area contributed by atoms with E-state index in [2.05, 4.69) is 19.2 Å². The third-order valence-electron chi connectivity index (χ3n) is 3.09. The van der Waals surface area contributed by atoms with Crippen LogP contribution in [0.3, 0.4) is 0 Å². The van der Waals surface area contributed by atoms with Gasteiger partial charge in [0, 0.05) is 12.6 Å². The average molecular weight is 221 g/mol. The summed E-state index contributed by atoms with van der Waals surface area (Å²) in [4.78, 5) is 0. The Morgan fingerprint density at radius 2 is 2.25 bits per heavy atom. The summed E-state index contributed by atoms with van der Waals surface area (Å²) in [5, 5.41) is 12.9. The molecule has 1 saturated heterocycles. The van der Waals surface area contributed by atoms with E-state index in [1.807, 2.05) is 12.1 Å². The highest BCUT2D eigenvalue weighted by Crippen LogP contribution is 2.24. The molecule has 1 fully saturated rings. The monoisotopic (exact) mass is 221 g/mol. The maximum Gasteiger partial charge on any atom is 0.115 e. The van der Waals surface area contributed by atoms with Gasteiger partial charge in [0.15, 0.2) is 0 Å². The highest BCUT2D eigenvalue weighted by Gasteiger charge is 2.24. The van der Waals surface area contributed by atoms with Crippen molar-refractivity contribution in [1.82, 2.24) is 5.32 Å². The summed E-state index contributed by atoms with van der Waals surface area (Å²) in [6.07, 6.45) is 0.0575. The average Bonchev–Trinajstić information content (AvgIpc) is 2.29. The summed E-state index contributed by atoms with van der Waals surface area (Å²) in [5.74, 6) is 0.886. The van der Waals surface area contributed by atoms with Crippen LogP contribution in [0.2, 0.25) is 0 Å². The molecular weight excluding hydrogens is 202 g/mol. The Morgan fingerprint density at radius 1 is 1.44 bits per heavy atom. The van der Waals surface area contributed by atoms with Crippen LogP contribution in [0.1, 0.15) is 25.5 Å². The molecule has 1 aromatic carbocycles. The van der Waals surface area contributed by atoms with Crippen LogP contribution in [-0.2, 0) is 4.74 Å². The van der Waals surface area contributed by atoms with Crippen LogP contribution in [0, 0.1) is 5.92 Å². The summed E-state index contributed by atoms with van der Waals surface area (Å²) in [6, 6.07) is 7.72. The number of phenols is 1. The van der Waals surface area contributed by atoms with E-state index in [1.165, 1.54) is 0 Å². The molecule has 1 aliphatic heterocycles. The first-order valence-corrected chi connectivity index (χ1v) is 5.80. The normalized spacial score (nSPS) is 25.9. The fourth-order valence-electron chi connectivity index (χ4n) is 1.96. The summed E-state index contributed by atoms with van der Waals surface area (Å²) in [5.41, 5.74) is 1.04. The van der Waals surface area contributed by atoms with Crippen molar-refractivity contribution in [3.63, 3.8) is 0 Å². The fraction of sp³-hybridized carbons (Fsp3) is 0.538. The van der Waals surface area contributed by atoms with E-state index in [1.54, 1.807) is 12.1 Å². The molecule has 1 aromatic rings. The zero-order valence-electron chi connectivity index (χ0n) is 9.81. The van der Waals surface area contributed by atoms with Crippen molar-refractivity contribution in [3.8, 4) is 5.75 Å². The second-order valence-corrected chi connectivity index (χ2v) is 4.68. The lowest BCUT2D eigenvalue weighted by Crippen LogP contribution is -2.45. The molecule has 0 aromatic heterocycles. The maximum absolute atomic E-state index is 9.41. The van der Waals surface area contributed by atoms with Gasteiger partial charge in [-0.05, 0) is 23.6 Å². The number of nitrogens with one attached hydrogen (secondary N) is 1. The minimum atomic E-state index is 0.0575. The topological polar surface area (TPSA) is 41.5 Å². The SMILES string of the molecule is CC(C)C1COC(c2cccc(O)c2)CN1. The Kier molecular flexibility index (Phi) is 3.46. The zero-order chi connectivity index (χ0) is 11.5. The number of morpholine rings is 1. The maximum atomic E-state index is 9.41. The van der Waals surface area contributed by atoms with Gasteiger partial charge < -0.3 is 15.2 Å². The van der Waals surface area contributed by atoms with E-state index in [0.717, 1.165) is 18.7 Å². The summed E-state index contributed by atoms with van der Waals surface area (Å²) >= 11 is 0. The van der Waals surface area contributed by atoms with Gasteiger partial charge >= 0.3 is 0 Å². The number of aromatic hydroxyl groups is 1. The first-order valence-electron chi connectivity index (χ1n) is 5.80. The molecule has 16 heavy (non-hydrogen) atoms. The Labute approximate surface area is 96.4 Å². The fourth-order valence-corrected chi connectivity index (χ4v) is 1.96. The molecule has 0 amide bonds. The highest BCUT2D eigenvalue weighted by atomic mass is 16.5. The Bertz CT molecular complexity index is 344. The third-order valence-corrected chi connectivity index (χ3v) is 3.09. The lowest BCUT2D eigenvalue weighted by molar-refractivity contribution is -0.00719. The molecule has 1 aliphatic rings. The Balaban J connectivity index is 1.99. The van der Waals surface area contributed by atoms with Gasteiger partial charge in [-0.15, -0.1) is 0 Å². The van der Waals surface area contributed by atoms with E-state index < -0.39 is 0 Å². The van der Waals surface area contributed by atoms with Gasteiger partial charge in [0.25, 0.3) is 0 Å². The lowest BCUT2D eigenvalue weighted by Gasteiger charge is -2.32. The van der Waals surface area contributed by atoms with Crippen molar-refractivity contribution in [2.45, 2.75) is 26.0 Å². The van der Waals surface area contributed by atoms with Gasteiger partial charge in [-0.2, -0.15) is 0 Å². The smallest absolute Gasteiger partial charge is 0.115 e. The second-order valence-electron chi connectivity index (χ2n) is 4.68. The molecule has 3 nitrogen and oxygen atoms in total. The van der Waals surface area contributed by atoms with E-state index in [4.69, 9.17) is 4.74 Å². The zero-order valence-corrected chi connectivity index (χ0v) is 9.81. The predicted molar refractivity (Wildman–Crippen MR) is 63.4 cm³/mol. The van der Waals surface area contributed by atoms with Crippen LogP contribution in [0.25, 0.3) is 0 Å². The van der Waals surface area contributed by atoms with Crippen LogP contribution in [0.15, 0.2) is 24.3 Å². The molecule has 0 radical (unpaired) electrons. The van der Waals surface area contributed by atoms with Gasteiger partial charge in [-0.3, -0.25) is 0 Å². The highest BCUT2D eigenvalue weighted by molar-refractivity contribution is 5.29. The van der Waals surface area contributed by atoms with Crippen LogP contribution in [0.4, 0.5) is 0 Å². The first-order chi connectivity index (χ1) is 7.66. The van der Waals surface area contributed by atoms with Gasteiger partial charge in [0.2, 0.25) is 0 Å². The minimum Gasteiger partial charge on any atom is -0.508 e. The van der Waals surface area contributed by atoms with Crippen molar-refractivity contribution in [3.05, 3.63) is 29.8 Å². The van der Waals surface area contributed by atoms with Crippen LogP contribution >= 0.6 is 0 Å². The van der Waals surface area contributed by atoms with E-state index in [9.17, 15) is 5.11 Å². The standard InChI is InChI=1S/C13H19NO2/c1-9(2)12-8-16-13(7-14-12)10-4-3-5-11(15)6-10/h3-6,9,12-15H,7-8H2,1-2H3. The first kappa shape index (κ1) is 11.4. The molecule has 2 unspecified atom stereocenters. The molecule has 0 bridgehead atoms. The molecule has 2 rings (SSSR count). The molecule has 2 atom stereocenters. The van der Waals surface area contributed by atoms with Crippen LogP contribution < -0.4 is 5.32 Å². The van der Waals surface area contributed by atoms with Crippen molar-refractivity contribution < 1.29 is 9.84 Å². The molecule has 2 N–H and O–H groups in total. The molecule has 0 saturated carbocycles. The number of hydrogen-bond donors (Lipinski definition) is 2. The van der Waals surface area contributed by atoms with Crippen molar-refractivity contribution in [1.29, 1.82) is 0 Å². The van der Waals surface area contributed by atoms with E-state index in [0.29, 0.717) is 17.7 Å². The number of ether oxygens (including phenoxy) is 1. The molecule has 1 heterocycles. The van der Waals surface area contributed by atoms with Crippen LogP contribution in [0.5, 0.6) is 5.75 Å². The van der Waals surface area contributed by atoms with E-state index >= 15 is 0 Å².